The largest absolute Gasteiger partial charge is 0.311 e. The first kappa shape index (κ1) is 43.5. The Kier molecular flexibility index (Phi) is 9.42. The lowest BCUT2D eigenvalue weighted by Crippen LogP contribution is -2.64. The zero-order valence-corrected chi connectivity index (χ0v) is 42.6. The average molecular weight is 938 g/mol. The van der Waals surface area contributed by atoms with Gasteiger partial charge >= 0.3 is 0 Å². The van der Waals surface area contributed by atoms with Gasteiger partial charge in [-0.2, -0.15) is 0 Å². The van der Waals surface area contributed by atoms with Gasteiger partial charge in [-0.25, -0.2) is 0 Å². The predicted molar refractivity (Wildman–Crippen MR) is 312 cm³/mol. The van der Waals surface area contributed by atoms with Crippen molar-refractivity contribution in [1.82, 2.24) is 9.13 Å². The molecule has 73 heavy (non-hydrogen) atoms. The monoisotopic (exact) mass is 937 g/mol. The summed E-state index contributed by atoms with van der Waals surface area (Å²) in [5, 5.41) is 5.08. The van der Waals surface area contributed by atoms with Crippen LogP contribution in [0.2, 0.25) is 0 Å². The molecule has 0 unspecified atom stereocenters. The number of rotatable bonds is 5. The van der Waals surface area contributed by atoms with E-state index in [1.165, 1.54) is 139 Å². The molecule has 4 heterocycles. The quantitative estimate of drug-likeness (QED) is 0.157. The molecule has 0 fully saturated rings. The molecular formula is C69H56BN3. The molecule has 0 aliphatic carbocycles. The molecule has 0 amide bonds. The number of nitrogens with zero attached hydrogens (tertiary/aromatic N) is 3. The Bertz CT molecular complexity index is 4150. The summed E-state index contributed by atoms with van der Waals surface area (Å²) in [6, 6.07) is 79.7. The highest BCUT2D eigenvalue weighted by Gasteiger charge is 2.48. The van der Waals surface area contributed by atoms with Gasteiger partial charge in [-0.1, -0.05) is 198 Å². The van der Waals surface area contributed by atoms with Crippen molar-refractivity contribution < 1.29 is 0 Å². The van der Waals surface area contributed by atoms with Crippen LogP contribution >= 0.6 is 0 Å². The Balaban J connectivity index is 1.09. The molecule has 0 N–H and O–H groups in total. The van der Waals surface area contributed by atoms with Crippen LogP contribution in [0.15, 0.2) is 212 Å². The van der Waals surface area contributed by atoms with E-state index < -0.39 is 0 Å². The molecule has 0 bridgehead atoms. The van der Waals surface area contributed by atoms with E-state index in [2.05, 4.69) is 275 Å². The summed E-state index contributed by atoms with van der Waals surface area (Å²) >= 11 is 0. The molecule has 0 saturated carbocycles. The third kappa shape index (κ3) is 6.26. The van der Waals surface area contributed by atoms with Crippen molar-refractivity contribution in [3.8, 4) is 33.6 Å². The van der Waals surface area contributed by atoms with Gasteiger partial charge in [0.25, 0.3) is 0 Å². The van der Waals surface area contributed by atoms with Crippen LogP contribution in [-0.4, -0.2) is 15.8 Å². The minimum absolute atomic E-state index is 0.0151. The second-order valence-corrected chi connectivity index (χ2v) is 22.1. The molecule has 2 aliphatic rings. The van der Waals surface area contributed by atoms with Gasteiger partial charge in [0.2, 0.25) is 6.71 Å². The molecule has 14 rings (SSSR count). The molecule has 2 aliphatic heterocycles. The minimum Gasteiger partial charge on any atom is -0.311 e. The summed E-state index contributed by atoms with van der Waals surface area (Å²) in [5.41, 5.74) is 26.2. The molecule has 0 saturated heterocycles. The molecule has 0 radical (unpaired) electrons. The fraction of sp³-hybridized carbons (Fsp3) is 0.130. The number of anilines is 3. The van der Waals surface area contributed by atoms with E-state index in [4.69, 9.17) is 0 Å². The molecule has 10 aromatic carbocycles. The van der Waals surface area contributed by atoms with Crippen molar-refractivity contribution in [3.05, 3.63) is 240 Å². The highest BCUT2D eigenvalue weighted by molar-refractivity contribution is 6.99. The van der Waals surface area contributed by atoms with Gasteiger partial charge in [-0.3, -0.25) is 0 Å². The second-order valence-electron chi connectivity index (χ2n) is 22.1. The Hall–Kier alpha value is -8.34. The smallest absolute Gasteiger partial charge is 0.247 e. The van der Waals surface area contributed by atoms with Crippen LogP contribution in [0.25, 0.3) is 77.2 Å². The van der Waals surface area contributed by atoms with E-state index in [-0.39, 0.29) is 17.5 Å². The van der Waals surface area contributed by atoms with Crippen molar-refractivity contribution in [2.45, 2.75) is 59.3 Å². The van der Waals surface area contributed by atoms with E-state index in [0.29, 0.717) is 0 Å². The van der Waals surface area contributed by atoms with E-state index >= 15 is 0 Å². The summed E-state index contributed by atoms with van der Waals surface area (Å²) in [6.45, 7) is 16.9. The summed E-state index contributed by atoms with van der Waals surface area (Å²) in [6.07, 6.45) is 0. The fourth-order valence-electron chi connectivity index (χ4n) is 13.4. The molecule has 350 valence electrons. The lowest BCUT2D eigenvalue weighted by molar-refractivity contribution is 0.582. The van der Waals surface area contributed by atoms with Gasteiger partial charge in [0.1, 0.15) is 0 Å². The lowest BCUT2D eigenvalue weighted by Gasteiger charge is -2.48. The van der Waals surface area contributed by atoms with E-state index in [0.717, 1.165) is 0 Å². The zero-order valence-electron chi connectivity index (χ0n) is 42.6. The fourth-order valence-corrected chi connectivity index (χ4v) is 13.4. The summed E-state index contributed by atoms with van der Waals surface area (Å²) in [7, 11) is 0. The van der Waals surface area contributed by atoms with Crippen LogP contribution in [0, 0.1) is 13.8 Å². The van der Waals surface area contributed by atoms with Crippen LogP contribution in [0.4, 0.5) is 17.1 Å². The second kappa shape index (κ2) is 15.8. The minimum atomic E-state index is -0.347. The Morgan fingerprint density at radius 2 is 0.904 bits per heavy atom. The van der Waals surface area contributed by atoms with Crippen molar-refractivity contribution in [2.24, 2.45) is 0 Å². The van der Waals surface area contributed by atoms with Crippen molar-refractivity contribution in [3.63, 3.8) is 0 Å². The molecule has 0 atom stereocenters. The first-order chi connectivity index (χ1) is 35.5. The molecular weight excluding hydrogens is 882 g/mol. The van der Waals surface area contributed by atoms with Gasteiger partial charge in [-0.05, 0) is 129 Å². The highest BCUT2D eigenvalue weighted by Crippen LogP contribution is 2.50. The van der Waals surface area contributed by atoms with Gasteiger partial charge in [0, 0.05) is 49.6 Å². The number of para-hydroxylation sites is 5. The highest BCUT2D eigenvalue weighted by atomic mass is 15.2. The maximum Gasteiger partial charge on any atom is 0.247 e. The number of benzene rings is 10. The third-order valence-corrected chi connectivity index (χ3v) is 16.7. The van der Waals surface area contributed by atoms with Crippen molar-refractivity contribution in [2.75, 3.05) is 4.90 Å². The molecule has 3 nitrogen and oxygen atoms in total. The first-order valence-electron chi connectivity index (χ1n) is 26.0. The third-order valence-electron chi connectivity index (χ3n) is 16.7. The molecule has 12 aromatic rings. The summed E-state index contributed by atoms with van der Waals surface area (Å²) in [4.78, 5) is 2.68. The lowest BCUT2D eigenvalue weighted by atomic mass is 9.29. The Morgan fingerprint density at radius 3 is 1.49 bits per heavy atom. The van der Waals surface area contributed by atoms with Crippen LogP contribution in [0.1, 0.15) is 62.4 Å². The van der Waals surface area contributed by atoms with Crippen LogP contribution in [0.5, 0.6) is 0 Å². The number of hydrogen-bond donors (Lipinski definition) is 0. The molecule has 0 spiro atoms. The van der Waals surface area contributed by atoms with E-state index in [1.807, 2.05) is 0 Å². The summed E-state index contributed by atoms with van der Waals surface area (Å²) < 4.78 is 5.03. The van der Waals surface area contributed by atoms with Crippen LogP contribution < -0.4 is 21.3 Å². The van der Waals surface area contributed by atoms with Crippen LogP contribution in [0.3, 0.4) is 0 Å². The summed E-state index contributed by atoms with van der Waals surface area (Å²) in [5.74, 6) is 0. The standard InChI is InChI=1S/C69H56BN3/c1-43-57(71-60-32-17-12-27-50(60)51-28-13-18-33-61(51)71)38-36-55-65(43)69(6,7)54-41-48(68(3,4)5)42-64-66(54)70(55)56-37-39-58(72-62-34-19-14-29-52(62)53-30-15-20-35-63(53)72)44(2)67(56)73(64)59-31-16-11-26-49(59)47-25-21-24-46(40-47)45-22-9-8-10-23-45/h8-42H,1-7H3. The molecule has 2 aromatic heterocycles. The zero-order chi connectivity index (χ0) is 49.5. The van der Waals surface area contributed by atoms with E-state index in [1.54, 1.807) is 0 Å². The normalized spacial score (nSPS) is 13.7. The Labute approximate surface area is 428 Å². The van der Waals surface area contributed by atoms with Gasteiger partial charge in [-0.15, -0.1) is 0 Å². The Morgan fingerprint density at radius 1 is 0.411 bits per heavy atom. The predicted octanol–water partition coefficient (Wildman–Crippen LogP) is 16.1. The topological polar surface area (TPSA) is 13.1 Å². The number of aromatic nitrogens is 2. The number of fused-ring (bicyclic) bond motifs is 10. The molecule has 4 heteroatoms. The maximum absolute atomic E-state index is 2.68. The van der Waals surface area contributed by atoms with Crippen molar-refractivity contribution in [1.29, 1.82) is 0 Å². The van der Waals surface area contributed by atoms with Crippen molar-refractivity contribution >= 4 is 83.8 Å². The SMILES string of the molecule is Cc1c(-n2c3ccccc3c3ccccc32)ccc2c1N(c1ccccc1-c1cccc(-c3ccccc3)c1)c1cc(C(C)(C)C)cc3c1B2c1ccc(-n2c4ccccc4c4ccccc42)c(C)c1C3(C)C. The average Bonchev–Trinajstić information content (AvgIpc) is 3.92. The van der Waals surface area contributed by atoms with E-state index in [9.17, 15) is 0 Å². The first-order valence-corrected chi connectivity index (χ1v) is 26.0. The van der Waals surface area contributed by atoms with Gasteiger partial charge < -0.3 is 14.0 Å². The number of hydrogen-bond acceptors (Lipinski definition) is 1. The van der Waals surface area contributed by atoms with Crippen LogP contribution in [-0.2, 0) is 10.8 Å². The van der Waals surface area contributed by atoms with Gasteiger partial charge in [0.05, 0.1) is 33.4 Å². The van der Waals surface area contributed by atoms with Gasteiger partial charge in [0.15, 0.2) is 0 Å². The maximum atomic E-state index is 2.68.